The van der Waals surface area contributed by atoms with Crippen molar-refractivity contribution in [3.8, 4) is 5.75 Å². The molecule has 0 amide bonds. The van der Waals surface area contributed by atoms with Gasteiger partial charge < -0.3 is 9.47 Å². The molecule has 2 heterocycles. The number of pyridine rings is 1. The molecule has 0 saturated heterocycles. The van der Waals surface area contributed by atoms with Crippen molar-refractivity contribution in [2.24, 2.45) is 0 Å². The highest BCUT2D eigenvalue weighted by Crippen LogP contribution is 2.26. The minimum Gasteiger partial charge on any atom is -0.485 e. The van der Waals surface area contributed by atoms with Crippen molar-refractivity contribution < 1.29 is 14.3 Å². The van der Waals surface area contributed by atoms with Gasteiger partial charge in [0.2, 0.25) is 0 Å². The van der Waals surface area contributed by atoms with E-state index in [4.69, 9.17) is 9.47 Å². The van der Waals surface area contributed by atoms with Crippen LogP contribution in [-0.2, 0) is 11.3 Å². The van der Waals surface area contributed by atoms with Crippen LogP contribution in [0.15, 0.2) is 30.5 Å². The van der Waals surface area contributed by atoms with Crippen LogP contribution in [0.2, 0.25) is 0 Å². The van der Waals surface area contributed by atoms with E-state index in [1.807, 2.05) is 32.2 Å². The van der Waals surface area contributed by atoms with Gasteiger partial charge in [-0.3, -0.25) is 4.40 Å². The Kier molecular flexibility index (Phi) is 4.98. The number of benzene rings is 1. The molecule has 0 saturated carbocycles. The molecule has 0 aliphatic heterocycles. The third-order valence-corrected chi connectivity index (χ3v) is 4.48. The lowest BCUT2D eigenvalue weighted by Crippen LogP contribution is -2.10. The van der Waals surface area contributed by atoms with Crippen molar-refractivity contribution in [3.05, 3.63) is 64.1 Å². The van der Waals surface area contributed by atoms with Crippen LogP contribution >= 0.6 is 0 Å². The summed E-state index contributed by atoms with van der Waals surface area (Å²) >= 11 is 0. The molecule has 0 unspecified atom stereocenters. The second-order valence-electron chi connectivity index (χ2n) is 6.50. The highest BCUT2D eigenvalue weighted by Gasteiger charge is 2.20. The van der Waals surface area contributed by atoms with Gasteiger partial charge in [-0.15, -0.1) is 0 Å². The average Bonchev–Trinajstić information content (AvgIpc) is 2.90. The number of carbonyl (C=O) groups excluding carboxylic acids is 1. The summed E-state index contributed by atoms with van der Waals surface area (Å²) in [4.78, 5) is 16.9. The van der Waals surface area contributed by atoms with Crippen LogP contribution in [0.3, 0.4) is 0 Å². The summed E-state index contributed by atoms with van der Waals surface area (Å²) in [6.07, 6.45) is 1.88. The van der Waals surface area contributed by atoms with Gasteiger partial charge in [-0.2, -0.15) is 0 Å². The molecular formula is C21H24N2O3. The summed E-state index contributed by atoms with van der Waals surface area (Å²) in [5.41, 5.74) is 6.25. The number of hydrogen-bond acceptors (Lipinski definition) is 4. The average molecular weight is 352 g/mol. The molecule has 3 rings (SSSR count). The molecule has 0 bridgehead atoms. The monoisotopic (exact) mass is 352 g/mol. The fourth-order valence-electron chi connectivity index (χ4n) is 3.14. The summed E-state index contributed by atoms with van der Waals surface area (Å²) in [7, 11) is 0. The van der Waals surface area contributed by atoms with Crippen molar-refractivity contribution in [2.75, 3.05) is 6.61 Å². The number of aromatic nitrogens is 2. The fourth-order valence-corrected chi connectivity index (χ4v) is 3.14. The molecule has 0 aliphatic carbocycles. The van der Waals surface area contributed by atoms with Gasteiger partial charge in [0, 0.05) is 6.20 Å². The Labute approximate surface area is 153 Å². The molecule has 0 atom stereocenters. The Balaban J connectivity index is 2.01. The van der Waals surface area contributed by atoms with Crippen molar-refractivity contribution >= 4 is 11.6 Å². The Morgan fingerprint density at radius 1 is 1.15 bits per heavy atom. The summed E-state index contributed by atoms with van der Waals surface area (Å²) in [5, 5.41) is 0. The van der Waals surface area contributed by atoms with Gasteiger partial charge in [0.1, 0.15) is 6.61 Å². The van der Waals surface area contributed by atoms with E-state index < -0.39 is 0 Å². The zero-order chi connectivity index (χ0) is 18.8. The first kappa shape index (κ1) is 18.0. The molecule has 0 aliphatic rings. The molecular weight excluding hydrogens is 328 g/mol. The van der Waals surface area contributed by atoms with Crippen LogP contribution < -0.4 is 4.74 Å². The van der Waals surface area contributed by atoms with Crippen molar-refractivity contribution in [1.29, 1.82) is 0 Å². The zero-order valence-corrected chi connectivity index (χ0v) is 15.9. The first-order valence-corrected chi connectivity index (χ1v) is 8.76. The fraction of sp³-hybridized carbons (Fsp3) is 0.333. The SMILES string of the molecule is CCOC(=O)c1c(C)nc2c(OCc3c(C)cccc3C)cc(C)cn12. The molecule has 0 fully saturated rings. The van der Waals surface area contributed by atoms with Gasteiger partial charge in [0.05, 0.1) is 12.3 Å². The largest absolute Gasteiger partial charge is 0.485 e. The topological polar surface area (TPSA) is 52.8 Å². The summed E-state index contributed by atoms with van der Waals surface area (Å²) in [5.74, 6) is 0.287. The molecule has 136 valence electrons. The van der Waals surface area contributed by atoms with Crippen LogP contribution in [0.4, 0.5) is 0 Å². The Hall–Kier alpha value is -2.82. The van der Waals surface area contributed by atoms with Crippen LogP contribution in [0, 0.1) is 27.7 Å². The van der Waals surface area contributed by atoms with Crippen molar-refractivity contribution in [1.82, 2.24) is 9.38 Å². The van der Waals surface area contributed by atoms with Gasteiger partial charge in [0.25, 0.3) is 0 Å². The molecule has 0 spiro atoms. The molecule has 1 aromatic carbocycles. The number of esters is 1. The number of fused-ring (bicyclic) bond motifs is 1. The Morgan fingerprint density at radius 2 is 1.85 bits per heavy atom. The van der Waals surface area contributed by atoms with E-state index in [9.17, 15) is 4.79 Å². The minimum absolute atomic E-state index is 0.327. The van der Waals surface area contributed by atoms with Gasteiger partial charge >= 0.3 is 5.97 Å². The third kappa shape index (κ3) is 3.29. The number of aryl methyl sites for hydroxylation is 4. The van der Waals surface area contributed by atoms with Gasteiger partial charge in [0.15, 0.2) is 17.1 Å². The molecule has 0 radical (unpaired) electrons. The van der Waals surface area contributed by atoms with Crippen LogP contribution in [0.5, 0.6) is 5.75 Å². The molecule has 5 heteroatoms. The quantitative estimate of drug-likeness (QED) is 0.642. The maximum atomic E-state index is 12.3. The second kappa shape index (κ2) is 7.20. The number of rotatable bonds is 5. The molecule has 3 aromatic rings. The highest BCUT2D eigenvalue weighted by atomic mass is 16.5. The molecule has 0 N–H and O–H groups in total. The maximum Gasteiger partial charge on any atom is 0.357 e. The molecule has 2 aromatic heterocycles. The normalized spacial score (nSPS) is 11.0. The predicted molar refractivity (Wildman–Crippen MR) is 101 cm³/mol. The Bertz CT molecular complexity index is 953. The summed E-state index contributed by atoms with van der Waals surface area (Å²) < 4.78 is 13.1. The zero-order valence-electron chi connectivity index (χ0n) is 15.9. The van der Waals surface area contributed by atoms with E-state index in [-0.39, 0.29) is 5.97 Å². The second-order valence-corrected chi connectivity index (χ2v) is 6.50. The molecule has 26 heavy (non-hydrogen) atoms. The number of hydrogen-bond donors (Lipinski definition) is 0. The predicted octanol–water partition coefficient (Wildman–Crippen LogP) is 4.32. The van der Waals surface area contributed by atoms with Gasteiger partial charge in [-0.1, -0.05) is 18.2 Å². The summed E-state index contributed by atoms with van der Waals surface area (Å²) in [6.45, 7) is 10.5. The lowest BCUT2D eigenvalue weighted by atomic mass is 10.0. The van der Waals surface area contributed by atoms with Crippen LogP contribution in [0.25, 0.3) is 5.65 Å². The van der Waals surface area contributed by atoms with Crippen molar-refractivity contribution in [3.63, 3.8) is 0 Å². The van der Waals surface area contributed by atoms with Crippen molar-refractivity contribution in [2.45, 2.75) is 41.2 Å². The number of nitrogens with zero attached hydrogens (tertiary/aromatic N) is 2. The van der Waals surface area contributed by atoms with Crippen LogP contribution in [0.1, 0.15) is 45.4 Å². The summed E-state index contributed by atoms with van der Waals surface area (Å²) in [6, 6.07) is 8.15. The van der Waals surface area contributed by atoms with Gasteiger partial charge in [-0.25, -0.2) is 9.78 Å². The first-order chi connectivity index (χ1) is 12.4. The molecule has 5 nitrogen and oxygen atoms in total. The smallest absolute Gasteiger partial charge is 0.357 e. The first-order valence-electron chi connectivity index (χ1n) is 8.76. The van der Waals surface area contributed by atoms with E-state index in [0.29, 0.717) is 36.0 Å². The number of carbonyl (C=O) groups is 1. The number of ether oxygens (including phenoxy) is 2. The van der Waals surface area contributed by atoms with E-state index in [1.165, 1.54) is 16.7 Å². The van der Waals surface area contributed by atoms with E-state index in [0.717, 1.165) is 5.56 Å². The highest BCUT2D eigenvalue weighted by molar-refractivity contribution is 5.90. The lowest BCUT2D eigenvalue weighted by Gasteiger charge is -2.13. The maximum absolute atomic E-state index is 12.3. The van der Waals surface area contributed by atoms with E-state index in [1.54, 1.807) is 11.3 Å². The van der Waals surface area contributed by atoms with Gasteiger partial charge in [-0.05, 0) is 62.9 Å². The van der Waals surface area contributed by atoms with Crippen LogP contribution in [-0.4, -0.2) is 22.0 Å². The Morgan fingerprint density at radius 3 is 2.50 bits per heavy atom. The third-order valence-electron chi connectivity index (χ3n) is 4.48. The van der Waals surface area contributed by atoms with E-state index >= 15 is 0 Å². The number of imidazole rings is 1. The minimum atomic E-state index is -0.371. The van der Waals surface area contributed by atoms with E-state index in [2.05, 4.69) is 31.0 Å². The standard InChI is InChI=1S/C21H24N2O3/c1-6-25-21(24)19-16(5)22-20-18(10-13(2)11-23(19)20)26-12-17-14(3)8-7-9-15(17)4/h7-11H,6,12H2,1-5H3. The lowest BCUT2D eigenvalue weighted by molar-refractivity contribution is 0.0517.